The summed E-state index contributed by atoms with van der Waals surface area (Å²) in [6, 6.07) is 3.64. The molecule has 1 saturated carbocycles. The van der Waals surface area contributed by atoms with E-state index in [1.165, 1.54) is 12.1 Å². The number of ether oxygens (including phenoxy) is 1. The summed E-state index contributed by atoms with van der Waals surface area (Å²) in [6.07, 6.45) is -2.87. The predicted molar refractivity (Wildman–Crippen MR) is 69.3 cm³/mol. The molecule has 0 bridgehead atoms. The van der Waals surface area contributed by atoms with E-state index in [1.54, 1.807) is 6.07 Å². The number of fused-ring (bicyclic) bond motifs is 1. The quantitative estimate of drug-likeness (QED) is 0.732. The van der Waals surface area contributed by atoms with Gasteiger partial charge in [-0.3, -0.25) is 0 Å². The SMILES string of the molecule is N[C@@H]1CC2(CCCC(C(F)(F)F)C2)Oc2cc(F)ccc21. The first-order valence-electron chi connectivity index (χ1n) is 7.10. The first-order valence-corrected chi connectivity index (χ1v) is 7.10. The van der Waals surface area contributed by atoms with Gasteiger partial charge in [-0.15, -0.1) is 0 Å². The molecular weight excluding hydrogens is 286 g/mol. The van der Waals surface area contributed by atoms with Crippen molar-refractivity contribution in [1.29, 1.82) is 0 Å². The minimum atomic E-state index is -4.22. The molecule has 1 aromatic rings. The van der Waals surface area contributed by atoms with E-state index < -0.39 is 29.6 Å². The minimum absolute atomic E-state index is 0.0971. The number of hydrogen-bond donors (Lipinski definition) is 1. The van der Waals surface area contributed by atoms with Crippen LogP contribution in [-0.4, -0.2) is 11.8 Å². The third-order valence-electron chi connectivity index (χ3n) is 4.56. The monoisotopic (exact) mass is 303 g/mol. The van der Waals surface area contributed by atoms with Crippen molar-refractivity contribution >= 4 is 0 Å². The van der Waals surface area contributed by atoms with E-state index >= 15 is 0 Å². The molecule has 1 aliphatic heterocycles. The maximum Gasteiger partial charge on any atom is 0.391 e. The van der Waals surface area contributed by atoms with Gasteiger partial charge in [0.25, 0.3) is 0 Å². The Bertz CT molecular complexity index is 545. The van der Waals surface area contributed by atoms with Crippen LogP contribution in [0.2, 0.25) is 0 Å². The van der Waals surface area contributed by atoms with Gasteiger partial charge in [-0.05, 0) is 31.7 Å². The molecule has 1 spiro atoms. The normalized spacial score (nSPS) is 32.6. The highest BCUT2D eigenvalue weighted by Crippen LogP contribution is 2.50. The summed E-state index contributed by atoms with van der Waals surface area (Å²) >= 11 is 0. The van der Waals surface area contributed by atoms with E-state index in [9.17, 15) is 17.6 Å². The maximum absolute atomic E-state index is 13.3. The highest BCUT2D eigenvalue weighted by Gasteiger charge is 2.50. The number of alkyl halides is 3. The Hall–Kier alpha value is -1.30. The van der Waals surface area contributed by atoms with Crippen LogP contribution >= 0.6 is 0 Å². The van der Waals surface area contributed by atoms with Crippen LogP contribution in [0.15, 0.2) is 18.2 Å². The standard InChI is InChI=1S/C15H17F4NO/c16-10-3-4-11-12(20)8-14(21-13(11)6-10)5-1-2-9(7-14)15(17,18)19/h3-4,6,9,12H,1-2,5,7-8,20H2/t9?,12-,14?/m1/s1. The molecule has 1 aromatic carbocycles. The molecule has 3 atom stereocenters. The molecule has 21 heavy (non-hydrogen) atoms. The van der Waals surface area contributed by atoms with Gasteiger partial charge >= 0.3 is 6.18 Å². The Morgan fingerprint density at radius 3 is 2.71 bits per heavy atom. The minimum Gasteiger partial charge on any atom is -0.487 e. The molecule has 0 aromatic heterocycles. The summed E-state index contributed by atoms with van der Waals surface area (Å²) in [5.74, 6) is -1.55. The maximum atomic E-state index is 13.3. The molecule has 3 rings (SSSR count). The lowest BCUT2D eigenvalue weighted by Crippen LogP contribution is -2.48. The smallest absolute Gasteiger partial charge is 0.391 e. The molecule has 116 valence electrons. The molecule has 2 aliphatic rings. The molecule has 0 radical (unpaired) electrons. The van der Waals surface area contributed by atoms with Crippen molar-refractivity contribution in [2.75, 3.05) is 0 Å². The summed E-state index contributed by atoms with van der Waals surface area (Å²) in [6.45, 7) is 0. The molecule has 2 unspecified atom stereocenters. The Labute approximate surface area is 120 Å². The Kier molecular flexibility index (Phi) is 3.39. The molecule has 1 fully saturated rings. The Morgan fingerprint density at radius 2 is 2.00 bits per heavy atom. The van der Waals surface area contributed by atoms with Gasteiger partial charge in [-0.2, -0.15) is 13.2 Å². The van der Waals surface area contributed by atoms with Gasteiger partial charge in [-0.25, -0.2) is 4.39 Å². The number of nitrogens with two attached hydrogens (primary N) is 1. The van der Waals surface area contributed by atoms with Crippen molar-refractivity contribution < 1.29 is 22.3 Å². The topological polar surface area (TPSA) is 35.2 Å². The van der Waals surface area contributed by atoms with Crippen molar-refractivity contribution in [3.8, 4) is 5.75 Å². The van der Waals surface area contributed by atoms with Crippen molar-refractivity contribution in [3.63, 3.8) is 0 Å². The third-order valence-corrected chi connectivity index (χ3v) is 4.56. The van der Waals surface area contributed by atoms with E-state index in [1.807, 2.05) is 0 Å². The fourth-order valence-electron chi connectivity index (χ4n) is 3.57. The van der Waals surface area contributed by atoms with Crippen molar-refractivity contribution in [2.24, 2.45) is 11.7 Å². The summed E-state index contributed by atoms with van der Waals surface area (Å²) in [5.41, 5.74) is 5.82. The van der Waals surface area contributed by atoms with Gasteiger partial charge in [0, 0.05) is 24.1 Å². The lowest BCUT2D eigenvalue weighted by atomic mass is 9.72. The number of hydrogen-bond acceptors (Lipinski definition) is 2. The second kappa shape index (κ2) is 4.87. The zero-order valence-electron chi connectivity index (χ0n) is 11.4. The van der Waals surface area contributed by atoms with Gasteiger partial charge in [0.1, 0.15) is 17.2 Å². The van der Waals surface area contributed by atoms with E-state index in [4.69, 9.17) is 10.5 Å². The van der Waals surface area contributed by atoms with Crippen molar-refractivity contribution in [2.45, 2.75) is 49.9 Å². The molecule has 1 aliphatic carbocycles. The van der Waals surface area contributed by atoms with E-state index in [-0.39, 0.29) is 18.6 Å². The average Bonchev–Trinajstić information content (AvgIpc) is 2.36. The van der Waals surface area contributed by atoms with Crippen LogP contribution in [0.1, 0.15) is 43.7 Å². The fraction of sp³-hybridized carbons (Fsp3) is 0.600. The highest BCUT2D eigenvalue weighted by atomic mass is 19.4. The Balaban J connectivity index is 1.90. The molecule has 0 amide bonds. The van der Waals surface area contributed by atoms with Crippen LogP contribution < -0.4 is 10.5 Å². The number of benzene rings is 1. The molecule has 6 heteroatoms. The van der Waals surface area contributed by atoms with Crippen molar-refractivity contribution in [1.82, 2.24) is 0 Å². The van der Waals surface area contributed by atoms with Crippen LogP contribution in [0.25, 0.3) is 0 Å². The summed E-state index contributed by atoms with van der Waals surface area (Å²) in [5, 5.41) is 0. The summed E-state index contributed by atoms with van der Waals surface area (Å²) in [4.78, 5) is 0. The molecule has 1 heterocycles. The van der Waals surface area contributed by atoms with Crippen LogP contribution in [0.4, 0.5) is 17.6 Å². The first kappa shape index (κ1) is 14.6. The van der Waals surface area contributed by atoms with E-state index in [0.717, 1.165) is 0 Å². The van der Waals surface area contributed by atoms with Crippen molar-refractivity contribution in [3.05, 3.63) is 29.6 Å². The van der Waals surface area contributed by atoms with Gasteiger partial charge in [0.2, 0.25) is 0 Å². The third kappa shape index (κ3) is 2.73. The molecule has 2 N–H and O–H groups in total. The fourth-order valence-corrected chi connectivity index (χ4v) is 3.57. The Morgan fingerprint density at radius 1 is 1.24 bits per heavy atom. The van der Waals surface area contributed by atoms with E-state index in [0.29, 0.717) is 24.8 Å². The predicted octanol–water partition coefficient (Wildman–Crippen LogP) is 4.10. The van der Waals surface area contributed by atoms with Crippen LogP contribution in [-0.2, 0) is 0 Å². The second-order valence-electron chi connectivity index (χ2n) is 6.11. The van der Waals surface area contributed by atoms with Crippen LogP contribution in [0.5, 0.6) is 5.75 Å². The lowest BCUT2D eigenvalue weighted by molar-refractivity contribution is -0.199. The highest BCUT2D eigenvalue weighted by molar-refractivity contribution is 5.39. The molecular formula is C15H17F4NO. The van der Waals surface area contributed by atoms with Gasteiger partial charge in [0.05, 0.1) is 5.92 Å². The zero-order valence-corrected chi connectivity index (χ0v) is 11.4. The molecule has 0 saturated heterocycles. The second-order valence-corrected chi connectivity index (χ2v) is 6.11. The first-order chi connectivity index (χ1) is 9.79. The van der Waals surface area contributed by atoms with Crippen LogP contribution in [0, 0.1) is 11.7 Å². The lowest BCUT2D eigenvalue weighted by Gasteiger charge is -2.46. The van der Waals surface area contributed by atoms with Crippen LogP contribution in [0.3, 0.4) is 0 Å². The van der Waals surface area contributed by atoms with Gasteiger partial charge < -0.3 is 10.5 Å². The number of rotatable bonds is 0. The van der Waals surface area contributed by atoms with Gasteiger partial charge in [0.15, 0.2) is 0 Å². The van der Waals surface area contributed by atoms with Gasteiger partial charge in [-0.1, -0.05) is 6.07 Å². The summed E-state index contributed by atoms with van der Waals surface area (Å²) in [7, 11) is 0. The zero-order chi connectivity index (χ0) is 15.3. The van der Waals surface area contributed by atoms with E-state index in [2.05, 4.69) is 0 Å². The average molecular weight is 303 g/mol. The molecule has 2 nitrogen and oxygen atoms in total. The summed E-state index contributed by atoms with van der Waals surface area (Å²) < 4.78 is 58.1. The number of halogens is 4. The largest absolute Gasteiger partial charge is 0.487 e.